The number of ether oxygens (including phenoxy) is 1. The molecule has 1 rings (SSSR count). The van der Waals surface area contributed by atoms with Gasteiger partial charge in [-0.2, -0.15) is 0 Å². The fourth-order valence-corrected chi connectivity index (χ4v) is 2.66. The van der Waals surface area contributed by atoms with Gasteiger partial charge in [0.2, 0.25) is 11.8 Å². The van der Waals surface area contributed by atoms with Crippen molar-refractivity contribution in [3.8, 4) is 0 Å². The first-order valence-corrected chi connectivity index (χ1v) is 6.69. The quantitative estimate of drug-likeness (QED) is 0.834. The highest BCUT2D eigenvalue weighted by molar-refractivity contribution is 5.99. The molecular formula is C14H26N2O3. The number of carbonyl (C=O) groups excluding carboxylic acids is 2. The van der Waals surface area contributed by atoms with Crippen molar-refractivity contribution in [2.75, 3.05) is 13.7 Å². The summed E-state index contributed by atoms with van der Waals surface area (Å²) in [5, 5.41) is 2.81. The molecule has 2 amide bonds. The molecule has 1 fully saturated rings. The zero-order chi connectivity index (χ0) is 15.0. The summed E-state index contributed by atoms with van der Waals surface area (Å²) in [6.45, 7) is 11.6. The Bertz CT molecular complexity index is 375. The largest absolute Gasteiger partial charge is 0.382 e. The molecule has 0 aromatic rings. The molecule has 0 aromatic heterocycles. The summed E-state index contributed by atoms with van der Waals surface area (Å²) in [4.78, 5) is 26.7. The predicted molar refractivity (Wildman–Crippen MR) is 73.6 cm³/mol. The van der Waals surface area contributed by atoms with Gasteiger partial charge in [-0.3, -0.25) is 9.59 Å². The number of nitrogens with one attached hydrogen (secondary N) is 1. The van der Waals surface area contributed by atoms with Crippen molar-refractivity contribution in [3.63, 3.8) is 0 Å². The van der Waals surface area contributed by atoms with E-state index in [-0.39, 0.29) is 17.7 Å². The minimum atomic E-state index is -0.868. The normalized spacial score (nSPS) is 23.8. The van der Waals surface area contributed by atoms with E-state index < -0.39 is 17.1 Å². The lowest BCUT2D eigenvalue weighted by molar-refractivity contribution is -0.164. The second kappa shape index (κ2) is 5.12. The van der Waals surface area contributed by atoms with Crippen LogP contribution in [0.25, 0.3) is 0 Å². The maximum Gasteiger partial charge on any atom is 0.248 e. The van der Waals surface area contributed by atoms with Crippen LogP contribution in [0.2, 0.25) is 0 Å². The Morgan fingerprint density at radius 2 is 1.89 bits per heavy atom. The molecule has 0 aromatic carbocycles. The van der Waals surface area contributed by atoms with E-state index in [1.165, 1.54) is 0 Å². The molecule has 0 aliphatic carbocycles. The number of nitrogens with zero attached hydrogens (tertiary/aromatic N) is 1. The van der Waals surface area contributed by atoms with E-state index in [4.69, 9.17) is 4.74 Å². The van der Waals surface area contributed by atoms with Gasteiger partial charge in [0.05, 0.1) is 12.1 Å². The van der Waals surface area contributed by atoms with E-state index in [0.29, 0.717) is 6.61 Å². The molecule has 0 saturated carbocycles. The van der Waals surface area contributed by atoms with Crippen molar-refractivity contribution in [2.24, 2.45) is 5.92 Å². The third-order valence-corrected chi connectivity index (χ3v) is 3.52. The maximum absolute atomic E-state index is 12.7. The molecule has 0 bridgehead atoms. The first kappa shape index (κ1) is 16.0. The highest BCUT2D eigenvalue weighted by atomic mass is 16.5. The molecule has 1 unspecified atom stereocenters. The summed E-state index contributed by atoms with van der Waals surface area (Å²) in [6, 6.07) is -0.453. The number of hydrogen-bond donors (Lipinski definition) is 1. The second-order valence-electron chi connectivity index (χ2n) is 6.72. The Balaban J connectivity index is 3.24. The van der Waals surface area contributed by atoms with Crippen LogP contribution in [0.3, 0.4) is 0 Å². The Morgan fingerprint density at radius 1 is 1.37 bits per heavy atom. The maximum atomic E-state index is 12.7. The zero-order valence-corrected chi connectivity index (χ0v) is 13.0. The molecule has 5 nitrogen and oxygen atoms in total. The van der Waals surface area contributed by atoms with Crippen LogP contribution in [0.5, 0.6) is 0 Å². The van der Waals surface area contributed by atoms with E-state index in [1.54, 1.807) is 25.9 Å². The smallest absolute Gasteiger partial charge is 0.248 e. The fourth-order valence-electron chi connectivity index (χ4n) is 2.66. The number of methoxy groups -OCH3 is 1. The Morgan fingerprint density at radius 3 is 2.32 bits per heavy atom. The van der Waals surface area contributed by atoms with Gasteiger partial charge in [0.25, 0.3) is 0 Å². The van der Waals surface area contributed by atoms with Crippen molar-refractivity contribution >= 4 is 11.8 Å². The van der Waals surface area contributed by atoms with E-state index in [0.717, 1.165) is 0 Å². The molecule has 1 atom stereocenters. The number of hydrogen-bond acceptors (Lipinski definition) is 3. The summed E-state index contributed by atoms with van der Waals surface area (Å²) in [5.74, 6) is -0.104. The predicted octanol–water partition coefficient (Wildman–Crippen LogP) is 1.17. The highest BCUT2D eigenvalue weighted by Crippen LogP contribution is 2.30. The number of carbonyl (C=O) groups is 2. The molecule has 1 saturated heterocycles. The summed E-state index contributed by atoms with van der Waals surface area (Å²) in [6.07, 6.45) is 0. The van der Waals surface area contributed by atoms with E-state index in [9.17, 15) is 9.59 Å². The van der Waals surface area contributed by atoms with Gasteiger partial charge in [-0.1, -0.05) is 13.8 Å². The summed E-state index contributed by atoms with van der Waals surface area (Å²) >= 11 is 0. The molecule has 0 spiro atoms. The minimum absolute atomic E-state index is 0.0520. The molecular weight excluding hydrogens is 244 g/mol. The lowest BCUT2D eigenvalue weighted by Crippen LogP contribution is -2.73. The van der Waals surface area contributed by atoms with Gasteiger partial charge in [0, 0.05) is 7.11 Å². The average molecular weight is 270 g/mol. The average Bonchev–Trinajstić information content (AvgIpc) is 2.21. The van der Waals surface area contributed by atoms with Gasteiger partial charge < -0.3 is 15.0 Å². The van der Waals surface area contributed by atoms with Crippen LogP contribution >= 0.6 is 0 Å². The van der Waals surface area contributed by atoms with Crippen molar-refractivity contribution in [1.29, 1.82) is 0 Å². The monoisotopic (exact) mass is 270 g/mol. The van der Waals surface area contributed by atoms with Gasteiger partial charge in [-0.15, -0.1) is 0 Å². The van der Waals surface area contributed by atoms with Crippen LogP contribution in [0.4, 0.5) is 0 Å². The van der Waals surface area contributed by atoms with Crippen LogP contribution < -0.4 is 5.32 Å². The van der Waals surface area contributed by atoms with Gasteiger partial charge in [-0.05, 0) is 33.6 Å². The van der Waals surface area contributed by atoms with Crippen LogP contribution in [0, 0.1) is 5.92 Å². The van der Waals surface area contributed by atoms with Gasteiger partial charge in [-0.25, -0.2) is 0 Å². The molecule has 19 heavy (non-hydrogen) atoms. The Labute approximate surface area is 115 Å². The van der Waals surface area contributed by atoms with E-state index in [1.807, 2.05) is 27.7 Å². The summed E-state index contributed by atoms with van der Waals surface area (Å²) in [5.41, 5.74) is -1.39. The summed E-state index contributed by atoms with van der Waals surface area (Å²) < 4.78 is 5.21. The Kier molecular flexibility index (Phi) is 4.30. The van der Waals surface area contributed by atoms with Crippen molar-refractivity contribution in [2.45, 2.75) is 58.7 Å². The molecule has 110 valence electrons. The van der Waals surface area contributed by atoms with E-state index >= 15 is 0 Å². The van der Waals surface area contributed by atoms with Crippen LogP contribution in [-0.4, -0.2) is 47.6 Å². The molecule has 1 N–H and O–H groups in total. The van der Waals surface area contributed by atoms with E-state index in [2.05, 4.69) is 5.32 Å². The Hall–Kier alpha value is -1.10. The summed E-state index contributed by atoms with van der Waals surface area (Å²) in [7, 11) is 1.60. The lowest BCUT2D eigenvalue weighted by Gasteiger charge is -2.51. The minimum Gasteiger partial charge on any atom is -0.382 e. The van der Waals surface area contributed by atoms with Gasteiger partial charge in [0.1, 0.15) is 11.6 Å². The third-order valence-electron chi connectivity index (χ3n) is 3.52. The number of rotatable bonds is 4. The van der Waals surface area contributed by atoms with Crippen molar-refractivity contribution < 1.29 is 14.3 Å². The first-order chi connectivity index (χ1) is 8.54. The molecule has 1 heterocycles. The molecule has 1 aliphatic rings. The van der Waals surface area contributed by atoms with Crippen molar-refractivity contribution in [1.82, 2.24) is 10.2 Å². The van der Waals surface area contributed by atoms with Crippen LogP contribution in [-0.2, 0) is 14.3 Å². The standard InChI is InChI=1S/C14H26N2O3/c1-9(2)10-11(17)15-14(5,6)12(18)16(10)13(3,4)8-19-7/h9-10H,8H2,1-7H3,(H,15,17). The topological polar surface area (TPSA) is 58.6 Å². The lowest BCUT2D eigenvalue weighted by atomic mass is 9.86. The molecule has 5 heteroatoms. The van der Waals surface area contributed by atoms with Crippen molar-refractivity contribution in [3.05, 3.63) is 0 Å². The van der Waals surface area contributed by atoms with Gasteiger partial charge >= 0.3 is 0 Å². The highest BCUT2D eigenvalue weighted by Gasteiger charge is 2.51. The van der Waals surface area contributed by atoms with Crippen LogP contribution in [0.1, 0.15) is 41.5 Å². The molecule has 0 radical (unpaired) electrons. The number of amides is 2. The second-order valence-corrected chi connectivity index (χ2v) is 6.72. The number of piperazine rings is 1. The zero-order valence-electron chi connectivity index (χ0n) is 13.0. The van der Waals surface area contributed by atoms with Crippen LogP contribution in [0.15, 0.2) is 0 Å². The van der Waals surface area contributed by atoms with Gasteiger partial charge in [0.15, 0.2) is 0 Å². The molecule has 1 aliphatic heterocycles. The third kappa shape index (κ3) is 2.91. The SMILES string of the molecule is COCC(C)(C)N1C(=O)C(C)(C)NC(=O)C1C(C)C. The first-order valence-electron chi connectivity index (χ1n) is 6.69. The fraction of sp³-hybridized carbons (Fsp3) is 0.857.